The smallest absolute Gasteiger partial charge is 0.242 e. The van der Waals surface area contributed by atoms with Crippen molar-refractivity contribution in [3.8, 4) is 0 Å². The summed E-state index contributed by atoms with van der Waals surface area (Å²) in [6, 6.07) is 4.33. The molecule has 0 bridgehead atoms. The Bertz CT molecular complexity index is 637. The second-order valence-electron chi connectivity index (χ2n) is 8.07. The molecular formula is C20H32ClN3O2. The minimum atomic E-state index is -0.673. The normalized spacial score (nSPS) is 15.6. The number of rotatable bonds is 9. The van der Waals surface area contributed by atoms with Crippen LogP contribution in [-0.2, 0) is 23.2 Å². The van der Waals surface area contributed by atoms with E-state index in [2.05, 4.69) is 0 Å². The molecule has 1 saturated carbocycles. The van der Waals surface area contributed by atoms with E-state index in [0.717, 1.165) is 25.0 Å². The van der Waals surface area contributed by atoms with Crippen molar-refractivity contribution in [3.05, 3.63) is 24.0 Å². The van der Waals surface area contributed by atoms with Crippen molar-refractivity contribution in [3.63, 3.8) is 0 Å². The maximum absolute atomic E-state index is 13.1. The molecule has 1 fully saturated rings. The molecule has 1 atom stereocenters. The lowest BCUT2D eigenvalue weighted by molar-refractivity contribution is -0.148. The average Bonchev–Trinajstić information content (AvgIpc) is 3.38. The molecule has 2 rings (SSSR count). The molecule has 1 heterocycles. The van der Waals surface area contributed by atoms with Crippen LogP contribution in [0.15, 0.2) is 18.3 Å². The number of amides is 2. The molecule has 2 amide bonds. The first-order valence-electron chi connectivity index (χ1n) is 9.48. The third-order valence-corrected chi connectivity index (χ3v) is 5.96. The van der Waals surface area contributed by atoms with Gasteiger partial charge in [0.2, 0.25) is 11.8 Å². The van der Waals surface area contributed by atoms with E-state index in [9.17, 15) is 9.59 Å². The van der Waals surface area contributed by atoms with Crippen LogP contribution in [0.1, 0.15) is 52.7 Å². The zero-order chi connectivity index (χ0) is 19.5. The van der Waals surface area contributed by atoms with Crippen molar-refractivity contribution in [2.75, 3.05) is 12.4 Å². The molecule has 5 nitrogen and oxygen atoms in total. The molecule has 1 aromatic heterocycles. The number of aromatic nitrogens is 1. The molecule has 0 aromatic carbocycles. The molecule has 0 aliphatic heterocycles. The number of hydrogen-bond acceptors (Lipinski definition) is 2. The third-order valence-electron chi connectivity index (χ3n) is 5.29. The summed E-state index contributed by atoms with van der Waals surface area (Å²) in [6.45, 7) is 8.42. The summed E-state index contributed by atoms with van der Waals surface area (Å²) in [4.78, 5) is 29.7. The molecule has 0 spiro atoms. The monoisotopic (exact) mass is 381 g/mol. The largest absolute Gasteiger partial charge is 0.353 e. The molecule has 1 aliphatic carbocycles. The Morgan fingerprint density at radius 1 is 1.38 bits per heavy atom. The van der Waals surface area contributed by atoms with Crippen molar-refractivity contribution in [2.45, 2.75) is 65.6 Å². The molecule has 0 saturated heterocycles. The van der Waals surface area contributed by atoms with Crippen molar-refractivity contribution in [1.82, 2.24) is 14.4 Å². The van der Waals surface area contributed by atoms with Crippen molar-refractivity contribution < 1.29 is 9.59 Å². The van der Waals surface area contributed by atoms with E-state index in [0.29, 0.717) is 12.6 Å². The molecule has 1 aliphatic rings. The summed E-state index contributed by atoms with van der Waals surface area (Å²) in [7, 11) is 1.99. The van der Waals surface area contributed by atoms with Gasteiger partial charge in [0.05, 0.1) is 12.0 Å². The quantitative estimate of drug-likeness (QED) is 0.615. The van der Waals surface area contributed by atoms with Crippen molar-refractivity contribution in [1.29, 1.82) is 0 Å². The third kappa shape index (κ3) is 4.81. The molecule has 0 unspecified atom stereocenters. The molecular weight excluding hydrogens is 350 g/mol. The number of carbonyl (C=O) groups is 2. The Morgan fingerprint density at radius 2 is 2.04 bits per heavy atom. The first-order valence-corrected chi connectivity index (χ1v) is 10.0. The van der Waals surface area contributed by atoms with Crippen molar-refractivity contribution in [2.24, 2.45) is 12.5 Å². The summed E-state index contributed by atoms with van der Waals surface area (Å²) in [5.41, 5.74) is 0.432. The fourth-order valence-electron chi connectivity index (χ4n) is 2.97. The van der Waals surface area contributed by atoms with E-state index in [-0.39, 0.29) is 30.3 Å². The van der Waals surface area contributed by atoms with Crippen LogP contribution in [0.25, 0.3) is 0 Å². The van der Waals surface area contributed by atoms with Gasteiger partial charge in [-0.1, -0.05) is 6.92 Å². The number of carbonyl (C=O) groups excluding carboxylic acids is 2. The topological polar surface area (TPSA) is 45.6 Å². The van der Waals surface area contributed by atoms with Gasteiger partial charge < -0.3 is 14.4 Å². The minimum Gasteiger partial charge on any atom is -0.353 e. The molecule has 146 valence electrons. The predicted octanol–water partition coefficient (Wildman–Crippen LogP) is 3.41. The Morgan fingerprint density at radius 3 is 2.50 bits per heavy atom. The summed E-state index contributed by atoms with van der Waals surface area (Å²) in [6.07, 6.45) is 4.88. The predicted molar refractivity (Wildman–Crippen MR) is 105 cm³/mol. The van der Waals surface area contributed by atoms with Gasteiger partial charge in [0.15, 0.2) is 0 Å². The highest BCUT2D eigenvalue weighted by atomic mass is 35.5. The zero-order valence-electron chi connectivity index (χ0n) is 16.7. The number of halogens is 1. The van der Waals surface area contributed by atoms with E-state index in [1.165, 1.54) is 0 Å². The second kappa shape index (κ2) is 8.47. The lowest BCUT2D eigenvalue weighted by Crippen LogP contribution is -2.51. The molecule has 0 N–H and O–H groups in total. The maximum Gasteiger partial charge on any atom is 0.242 e. The standard InChI is InChI=1S/C20H32ClN3O2/c1-6-15(2)23(19(26)20(3,4)14-21)13-18(25)24(16-9-10-16)12-17-8-7-11-22(17)5/h7-8,11,15-16H,6,9-10,12-14H2,1-5H3/t15-/m1/s1. The highest BCUT2D eigenvalue weighted by Gasteiger charge is 2.38. The zero-order valence-corrected chi connectivity index (χ0v) is 17.4. The van der Waals surface area contributed by atoms with Gasteiger partial charge in [-0.2, -0.15) is 0 Å². The van der Waals surface area contributed by atoms with E-state index in [4.69, 9.17) is 11.6 Å². The van der Waals surface area contributed by atoms with Crippen LogP contribution >= 0.6 is 11.6 Å². The first-order chi connectivity index (χ1) is 12.2. The fourth-order valence-corrected chi connectivity index (χ4v) is 3.09. The molecule has 6 heteroatoms. The van der Waals surface area contributed by atoms with E-state index in [1.807, 2.05) is 62.5 Å². The summed E-state index contributed by atoms with van der Waals surface area (Å²) in [5, 5.41) is 0. The van der Waals surface area contributed by atoms with Gasteiger partial charge in [-0.15, -0.1) is 11.6 Å². The molecule has 1 aromatic rings. The summed E-state index contributed by atoms with van der Waals surface area (Å²) < 4.78 is 2.04. The van der Waals surface area contributed by atoms with Gasteiger partial charge in [-0.05, 0) is 52.2 Å². The maximum atomic E-state index is 13.1. The van der Waals surface area contributed by atoms with Crippen LogP contribution in [0.5, 0.6) is 0 Å². The van der Waals surface area contributed by atoms with Crippen LogP contribution in [0.3, 0.4) is 0 Å². The Kier molecular flexibility index (Phi) is 6.78. The van der Waals surface area contributed by atoms with E-state index in [1.54, 1.807) is 4.90 Å². The van der Waals surface area contributed by atoms with Crippen molar-refractivity contribution >= 4 is 23.4 Å². The molecule has 0 radical (unpaired) electrons. The van der Waals surface area contributed by atoms with Gasteiger partial charge >= 0.3 is 0 Å². The fraction of sp³-hybridized carbons (Fsp3) is 0.700. The number of nitrogens with zero attached hydrogens (tertiary/aromatic N) is 3. The highest BCUT2D eigenvalue weighted by Crippen LogP contribution is 2.29. The first kappa shape index (κ1) is 20.8. The van der Waals surface area contributed by atoms with Gasteiger partial charge in [0.25, 0.3) is 0 Å². The average molecular weight is 382 g/mol. The Hall–Kier alpha value is -1.49. The van der Waals surface area contributed by atoms with Gasteiger partial charge in [-0.3, -0.25) is 9.59 Å². The lowest BCUT2D eigenvalue weighted by Gasteiger charge is -2.36. The highest BCUT2D eigenvalue weighted by molar-refractivity contribution is 6.19. The van der Waals surface area contributed by atoms with E-state index >= 15 is 0 Å². The van der Waals surface area contributed by atoms with Gasteiger partial charge in [-0.25, -0.2) is 0 Å². The Balaban J connectivity index is 2.15. The Labute approximate surface area is 162 Å². The molecule has 26 heavy (non-hydrogen) atoms. The van der Waals surface area contributed by atoms with Crippen LogP contribution in [0.4, 0.5) is 0 Å². The van der Waals surface area contributed by atoms with Gasteiger partial charge in [0, 0.05) is 36.9 Å². The van der Waals surface area contributed by atoms with Crippen LogP contribution < -0.4 is 0 Å². The lowest BCUT2D eigenvalue weighted by atomic mass is 9.93. The SMILES string of the molecule is CC[C@@H](C)N(CC(=O)N(Cc1cccn1C)C1CC1)C(=O)C(C)(C)CCl. The van der Waals surface area contributed by atoms with Crippen LogP contribution in [-0.4, -0.2) is 50.7 Å². The second-order valence-corrected chi connectivity index (χ2v) is 8.34. The minimum absolute atomic E-state index is 0.00466. The summed E-state index contributed by atoms with van der Waals surface area (Å²) >= 11 is 6.01. The van der Waals surface area contributed by atoms with Crippen LogP contribution in [0, 0.1) is 5.41 Å². The van der Waals surface area contributed by atoms with Gasteiger partial charge in [0.1, 0.15) is 6.54 Å². The number of aryl methyl sites for hydroxylation is 1. The van der Waals surface area contributed by atoms with Crippen LogP contribution in [0.2, 0.25) is 0 Å². The number of hydrogen-bond donors (Lipinski definition) is 0. The van der Waals surface area contributed by atoms with E-state index < -0.39 is 5.41 Å². The summed E-state index contributed by atoms with van der Waals surface area (Å²) in [5.74, 6) is 0.209. The number of alkyl halides is 1.